The highest BCUT2D eigenvalue weighted by Gasteiger charge is 2.21. The molecule has 30 heavy (non-hydrogen) atoms. The highest BCUT2D eigenvalue weighted by atomic mass is 16.5. The summed E-state index contributed by atoms with van der Waals surface area (Å²) in [5.41, 5.74) is 5.12. The van der Waals surface area contributed by atoms with Crippen LogP contribution in [0.15, 0.2) is 60.8 Å². The van der Waals surface area contributed by atoms with Crippen LogP contribution in [0.1, 0.15) is 21.6 Å². The third-order valence-corrected chi connectivity index (χ3v) is 5.35. The fraction of sp³-hybridized carbons (Fsp3) is 0.174. The van der Waals surface area contributed by atoms with Crippen LogP contribution in [-0.2, 0) is 19.7 Å². The van der Waals surface area contributed by atoms with Gasteiger partial charge >= 0.3 is 5.97 Å². The van der Waals surface area contributed by atoms with Gasteiger partial charge in [-0.05, 0) is 42.0 Å². The topological polar surface area (TPSA) is 89.3 Å². The lowest BCUT2D eigenvalue weighted by Gasteiger charge is -2.21. The Kier molecular flexibility index (Phi) is 4.65. The molecule has 150 valence electrons. The van der Waals surface area contributed by atoms with Crippen LogP contribution in [0.5, 0.6) is 5.75 Å². The summed E-state index contributed by atoms with van der Waals surface area (Å²) >= 11 is 0. The summed E-state index contributed by atoms with van der Waals surface area (Å²) in [6, 6.07) is 17.1. The molecule has 3 heterocycles. The maximum Gasteiger partial charge on any atom is 0.335 e. The number of nitrogens with one attached hydrogen (secondary N) is 1. The molecule has 0 aliphatic carbocycles. The molecule has 0 bridgehead atoms. The van der Waals surface area contributed by atoms with Crippen molar-refractivity contribution in [2.24, 2.45) is 0 Å². The second-order valence-electron chi connectivity index (χ2n) is 7.23. The first-order valence-corrected chi connectivity index (χ1v) is 9.79. The van der Waals surface area contributed by atoms with E-state index in [4.69, 9.17) is 4.74 Å². The molecule has 0 spiro atoms. The highest BCUT2D eigenvalue weighted by Crippen LogP contribution is 2.38. The van der Waals surface area contributed by atoms with Gasteiger partial charge in [0.2, 0.25) is 0 Å². The molecule has 2 aromatic heterocycles. The number of carbonyl (C=O) groups is 1. The number of ether oxygens (including phenoxy) is 1. The van der Waals surface area contributed by atoms with Crippen molar-refractivity contribution in [2.75, 3.05) is 6.54 Å². The summed E-state index contributed by atoms with van der Waals surface area (Å²) in [4.78, 5) is 11.5. The van der Waals surface area contributed by atoms with Gasteiger partial charge < -0.3 is 19.7 Å². The molecule has 5 rings (SSSR count). The molecule has 2 aromatic carbocycles. The molecule has 1 aliphatic rings. The second-order valence-corrected chi connectivity index (χ2v) is 7.23. The number of hydrogen-bond donors (Lipinski definition) is 2. The van der Waals surface area contributed by atoms with Crippen molar-refractivity contribution in [3.63, 3.8) is 0 Å². The summed E-state index contributed by atoms with van der Waals surface area (Å²) in [6.07, 6.45) is 1.64. The Hall–Kier alpha value is -3.71. The van der Waals surface area contributed by atoms with Crippen molar-refractivity contribution in [2.45, 2.75) is 19.7 Å². The lowest BCUT2D eigenvalue weighted by molar-refractivity contribution is 0.0697. The van der Waals surface area contributed by atoms with Crippen molar-refractivity contribution >= 4 is 16.9 Å². The molecule has 0 unspecified atom stereocenters. The van der Waals surface area contributed by atoms with E-state index in [1.807, 2.05) is 30.3 Å². The third-order valence-electron chi connectivity index (χ3n) is 5.35. The van der Waals surface area contributed by atoms with Gasteiger partial charge in [-0.3, -0.25) is 0 Å². The van der Waals surface area contributed by atoms with E-state index in [0.29, 0.717) is 6.61 Å². The average molecular weight is 400 g/mol. The monoisotopic (exact) mass is 400 g/mol. The van der Waals surface area contributed by atoms with Crippen molar-refractivity contribution in [1.82, 2.24) is 20.1 Å². The molecular formula is C23H20N4O3. The predicted molar refractivity (Wildman–Crippen MR) is 112 cm³/mol. The van der Waals surface area contributed by atoms with Crippen LogP contribution < -0.4 is 10.1 Å². The van der Waals surface area contributed by atoms with E-state index in [0.717, 1.165) is 58.8 Å². The minimum Gasteiger partial charge on any atom is -0.487 e. The number of carboxylic acids is 1. The smallest absolute Gasteiger partial charge is 0.335 e. The first-order valence-electron chi connectivity index (χ1n) is 9.79. The number of aromatic nitrogens is 3. The zero-order valence-corrected chi connectivity index (χ0v) is 16.2. The fourth-order valence-electron chi connectivity index (χ4n) is 3.95. The molecule has 0 fully saturated rings. The van der Waals surface area contributed by atoms with Crippen molar-refractivity contribution in [3.8, 4) is 17.0 Å². The van der Waals surface area contributed by atoms with Gasteiger partial charge in [-0.2, -0.15) is 10.2 Å². The van der Waals surface area contributed by atoms with E-state index in [9.17, 15) is 9.90 Å². The largest absolute Gasteiger partial charge is 0.487 e. The number of fused-ring (bicyclic) bond motifs is 5. The number of nitrogens with zero attached hydrogens (tertiary/aromatic N) is 3. The SMILES string of the molecule is O=C(O)c1ccc2cc3n(c2c1)CCNCc1cccc(OCc2cccnn2)c1-3. The minimum absolute atomic E-state index is 0.283. The van der Waals surface area contributed by atoms with E-state index in [-0.39, 0.29) is 5.56 Å². The molecule has 0 saturated heterocycles. The number of rotatable bonds is 4. The van der Waals surface area contributed by atoms with Crippen LogP contribution in [0.2, 0.25) is 0 Å². The van der Waals surface area contributed by atoms with Crippen molar-refractivity contribution in [1.29, 1.82) is 0 Å². The number of benzene rings is 2. The normalized spacial score (nSPS) is 13.2. The summed E-state index contributed by atoms with van der Waals surface area (Å²) in [5, 5.41) is 21.9. The summed E-state index contributed by atoms with van der Waals surface area (Å²) in [6.45, 7) is 2.58. The maximum absolute atomic E-state index is 11.5. The zero-order valence-electron chi connectivity index (χ0n) is 16.2. The van der Waals surface area contributed by atoms with Crippen LogP contribution in [0, 0.1) is 0 Å². The van der Waals surface area contributed by atoms with Gasteiger partial charge in [0.15, 0.2) is 0 Å². The molecule has 0 saturated carbocycles. The molecule has 7 heteroatoms. The predicted octanol–water partition coefficient (Wildman–Crippen LogP) is 3.48. The molecular weight excluding hydrogens is 380 g/mol. The minimum atomic E-state index is -0.926. The van der Waals surface area contributed by atoms with E-state index < -0.39 is 5.97 Å². The van der Waals surface area contributed by atoms with Crippen molar-refractivity contribution < 1.29 is 14.6 Å². The van der Waals surface area contributed by atoms with E-state index >= 15 is 0 Å². The lowest BCUT2D eigenvalue weighted by atomic mass is 10.0. The van der Waals surface area contributed by atoms with Crippen LogP contribution in [-0.4, -0.2) is 32.4 Å². The quantitative estimate of drug-likeness (QED) is 0.545. The summed E-state index contributed by atoms with van der Waals surface area (Å²) < 4.78 is 8.33. The van der Waals surface area contributed by atoms with E-state index in [1.165, 1.54) is 0 Å². The van der Waals surface area contributed by atoms with Crippen LogP contribution in [0.3, 0.4) is 0 Å². The highest BCUT2D eigenvalue weighted by molar-refractivity contribution is 5.96. The maximum atomic E-state index is 11.5. The van der Waals surface area contributed by atoms with Crippen LogP contribution >= 0.6 is 0 Å². The Morgan fingerprint density at radius 3 is 2.93 bits per heavy atom. The van der Waals surface area contributed by atoms with E-state index in [2.05, 4.69) is 32.2 Å². The zero-order chi connectivity index (χ0) is 20.5. The lowest BCUT2D eigenvalue weighted by Crippen LogP contribution is -2.23. The van der Waals surface area contributed by atoms with Gasteiger partial charge in [-0.25, -0.2) is 4.79 Å². The van der Waals surface area contributed by atoms with Gasteiger partial charge in [0.1, 0.15) is 18.1 Å². The van der Waals surface area contributed by atoms with Crippen molar-refractivity contribution in [3.05, 3.63) is 77.6 Å². The molecule has 7 nitrogen and oxygen atoms in total. The first-order chi connectivity index (χ1) is 14.7. The fourth-order valence-corrected chi connectivity index (χ4v) is 3.95. The molecule has 0 amide bonds. The number of hydrogen-bond acceptors (Lipinski definition) is 5. The molecule has 2 N–H and O–H groups in total. The molecule has 1 aliphatic heterocycles. The first kappa shape index (κ1) is 18.3. The average Bonchev–Trinajstić information content (AvgIpc) is 3.10. The van der Waals surface area contributed by atoms with Gasteiger partial charge in [-0.15, -0.1) is 0 Å². The third kappa shape index (κ3) is 3.29. The Balaban J connectivity index is 1.64. The van der Waals surface area contributed by atoms with Crippen LogP contribution in [0.4, 0.5) is 0 Å². The summed E-state index contributed by atoms with van der Waals surface area (Å²) in [7, 11) is 0. The van der Waals surface area contributed by atoms with Gasteiger partial charge in [0.25, 0.3) is 0 Å². The van der Waals surface area contributed by atoms with Gasteiger partial charge in [-0.1, -0.05) is 18.2 Å². The van der Waals surface area contributed by atoms with Gasteiger partial charge in [0.05, 0.1) is 11.3 Å². The van der Waals surface area contributed by atoms with Gasteiger partial charge in [0, 0.05) is 42.3 Å². The van der Waals surface area contributed by atoms with E-state index in [1.54, 1.807) is 18.3 Å². The Morgan fingerprint density at radius 1 is 1.17 bits per heavy atom. The second kappa shape index (κ2) is 7.61. The number of aromatic carboxylic acids is 1. The van der Waals surface area contributed by atoms with Crippen LogP contribution in [0.25, 0.3) is 22.2 Å². The Morgan fingerprint density at radius 2 is 2.10 bits per heavy atom. The molecule has 0 atom stereocenters. The Labute approximate surface area is 172 Å². The Bertz CT molecular complexity index is 1230. The molecule has 4 aromatic rings. The molecule has 0 radical (unpaired) electrons. The standard InChI is InChI=1S/C23H20N4O3/c28-23(29)16-7-6-15-11-20-22-17(13-24-9-10-27(20)19(15)12-16)3-1-5-21(22)30-14-18-4-2-8-25-26-18/h1-8,11-12,24H,9-10,13-14H2,(H,28,29). The summed E-state index contributed by atoms with van der Waals surface area (Å²) in [5.74, 6) is -0.158. The number of carboxylic acid groups (broad SMARTS) is 1.